The summed E-state index contributed by atoms with van der Waals surface area (Å²) in [6.07, 6.45) is 4.77. The van der Waals surface area contributed by atoms with E-state index in [1.54, 1.807) is 0 Å². The van der Waals surface area contributed by atoms with Gasteiger partial charge in [-0.1, -0.05) is 13.3 Å². The Bertz CT molecular complexity index is 338. The number of hydrogen-bond acceptors (Lipinski definition) is 6. The van der Waals surface area contributed by atoms with Gasteiger partial charge in [0, 0.05) is 18.5 Å². The van der Waals surface area contributed by atoms with Crippen LogP contribution in [0.4, 0.5) is 0 Å². The highest BCUT2D eigenvalue weighted by Crippen LogP contribution is 2.28. The quantitative estimate of drug-likeness (QED) is 0.756. The van der Waals surface area contributed by atoms with Crippen LogP contribution in [0.15, 0.2) is 0 Å². The summed E-state index contributed by atoms with van der Waals surface area (Å²) in [5.41, 5.74) is 6.10. The summed E-state index contributed by atoms with van der Waals surface area (Å²) < 4.78 is 0. The Kier molecular flexibility index (Phi) is 5.51. The lowest BCUT2D eigenvalue weighted by Gasteiger charge is -2.39. The number of hydroxylamine groups is 2. The van der Waals surface area contributed by atoms with Gasteiger partial charge in [-0.05, 0) is 38.0 Å². The first-order chi connectivity index (χ1) is 9.47. The van der Waals surface area contributed by atoms with Crippen LogP contribution in [0.1, 0.15) is 45.4 Å². The molecule has 0 aromatic carbocycles. The Morgan fingerprint density at radius 2 is 2.15 bits per heavy atom. The molecule has 1 heterocycles. The van der Waals surface area contributed by atoms with Crippen LogP contribution in [0.2, 0.25) is 0 Å². The maximum Gasteiger partial charge on any atom is 0.150 e. The predicted octanol–water partition coefficient (Wildman–Crippen LogP) is 1.32. The summed E-state index contributed by atoms with van der Waals surface area (Å²) in [4.78, 5) is 14.4. The average Bonchev–Trinajstić information content (AvgIpc) is 2.42. The largest absolute Gasteiger partial charge is 0.762 e. The van der Waals surface area contributed by atoms with Crippen LogP contribution in [0, 0.1) is 17.0 Å². The van der Waals surface area contributed by atoms with Gasteiger partial charge in [0.1, 0.15) is 5.78 Å². The van der Waals surface area contributed by atoms with Crippen molar-refractivity contribution in [1.29, 1.82) is 0 Å². The van der Waals surface area contributed by atoms with E-state index in [0.29, 0.717) is 25.3 Å². The minimum atomic E-state index is -0.423. The normalized spacial score (nSPS) is 36.2. The molecule has 0 spiro atoms. The fraction of sp³-hybridized carbons (Fsp3) is 0.929. The summed E-state index contributed by atoms with van der Waals surface area (Å²) in [6, 6.07) is -0.423. The van der Waals surface area contributed by atoms with E-state index in [4.69, 9.17) is 10.9 Å². The number of carbonyl (C=O) groups is 1. The van der Waals surface area contributed by atoms with E-state index in [0.717, 1.165) is 32.2 Å². The number of Topliss-reactive ketones (excluding diaryl/α,β-unsaturated/α-hetero) is 1. The molecule has 1 saturated heterocycles. The van der Waals surface area contributed by atoms with Crippen LogP contribution in [0.3, 0.4) is 0 Å². The molecule has 0 bridgehead atoms. The molecule has 2 rings (SSSR count). The molecule has 0 amide bonds. The number of rotatable bonds is 4. The van der Waals surface area contributed by atoms with E-state index in [1.165, 1.54) is 0 Å². The molecule has 0 aromatic heterocycles. The van der Waals surface area contributed by atoms with E-state index in [2.05, 4.69) is 11.8 Å². The Morgan fingerprint density at radius 1 is 1.40 bits per heavy atom. The number of likely N-dealkylation sites (tertiary alicyclic amines) is 1. The molecule has 116 valence electrons. The van der Waals surface area contributed by atoms with Gasteiger partial charge in [0.15, 0.2) is 0 Å². The summed E-state index contributed by atoms with van der Waals surface area (Å²) in [5.74, 6) is 0.685. The zero-order valence-corrected chi connectivity index (χ0v) is 12.2. The molecule has 0 aromatic rings. The first-order valence-corrected chi connectivity index (χ1v) is 7.65. The maximum absolute atomic E-state index is 12.4. The third kappa shape index (κ3) is 3.99. The minimum absolute atomic E-state index is 0.0216. The van der Waals surface area contributed by atoms with Gasteiger partial charge in [-0.2, -0.15) is 0 Å². The zero-order valence-electron chi connectivity index (χ0n) is 12.2. The van der Waals surface area contributed by atoms with Crippen molar-refractivity contribution in [2.45, 2.75) is 57.7 Å². The number of nitrogens with zero attached hydrogens (tertiary/aromatic N) is 2. The van der Waals surface area contributed by atoms with Gasteiger partial charge >= 0.3 is 0 Å². The summed E-state index contributed by atoms with van der Waals surface area (Å²) in [7, 11) is 0. The van der Waals surface area contributed by atoms with Crippen LogP contribution in [-0.2, 0) is 4.79 Å². The Morgan fingerprint density at radius 3 is 2.80 bits per heavy atom. The molecular weight excluding hydrogens is 258 g/mol. The van der Waals surface area contributed by atoms with Crippen LogP contribution in [0.25, 0.3) is 0 Å². The highest BCUT2D eigenvalue weighted by molar-refractivity contribution is 5.83. The Labute approximate surface area is 120 Å². The second-order valence-electron chi connectivity index (χ2n) is 6.45. The number of nitrogens with two attached hydrogens (primary N) is 1. The maximum atomic E-state index is 12.4. The fourth-order valence-electron chi connectivity index (χ4n) is 3.41. The molecule has 1 aliphatic carbocycles. The lowest BCUT2D eigenvalue weighted by atomic mass is 9.83. The smallest absolute Gasteiger partial charge is 0.150 e. The molecule has 4 atom stereocenters. The van der Waals surface area contributed by atoms with Crippen LogP contribution in [-0.4, -0.2) is 46.4 Å². The topological polar surface area (TPSA) is 92.9 Å². The summed E-state index contributed by atoms with van der Waals surface area (Å²) in [5, 5.41) is 20.0. The van der Waals surface area contributed by atoms with Gasteiger partial charge in [-0.15, -0.1) is 0 Å². The van der Waals surface area contributed by atoms with Crippen LogP contribution in [0.5, 0.6) is 0 Å². The predicted molar refractivity (Wildman–Crippen MR) is 75.7 cm³/mol. The fourth-order valence-corrected chi connectivity index (χ4v) is 3.41. The van der Waals surface area contributed by atoms with Crippen molar-refractivity contribution in [3.63, 3.8) is 0 Å². The monoisotopic (exact) mass is 284 g/mol. The highest BCUT2D eigenvalue weighted by Gasteiger charge is 2.31. The summed E-state index contributed by atoms with van der Waals surface area (Å²) >= 11 is 0. The number of ketones is 1. The molecule has 3 N–H and O–H groups in total. The van der Waals surface area contributed by atoms with Gasteiger partial charge in [0.25, 0.3) is 0 Å². The Balaban J connectivity index is 1.85. The minimum Gasteiger partial charge on any atom is -0.762 e. The van der Waals surface area contributed by atoms with Crippen molar-refractivity contribution in [2.24, 2.45) is 17.6 Å². The van der Waals surface area contributed by atoms with Gasteiger partial charge < -0.3 is 16.1 Å². The van der Waals surface area contributed by atoms with Gasteiger partial charge in [-0.3, -0.25) is 14.9 Å². The van der Waals surface area contributed by atoms with Crippen LogP contribution >= 0.6 is 0 Å². The van der Waals surface area contributed by atoms with E-state index in [1.807, 2.05) is 0 Å². The summed E-state index contributed by atoms with van der Waals surface area (Å²) in [6.45, 7) is 3.45. The average molecular weight is 284 g/mol. The molecule has 0 radical (unpaired) electrons. The highest BCUT2D eigenvalue weighted by atomic mass is 16.8. The van der Waals surface area contributed by atoms with Crippen molar-refractivity contribution in [3.05, 3.63) is 5.21 Å². The lowest BCUT2D eigenvalue weighted by Crippen LogP contribution is -2.50. The SMILES string of the molecule is CC1CCN(CC(=O)C2CCCC(N([O-])O)C2)C(N)C1. The van der Waals surface area contributed by atoms with Gasteiger partial charge in [0.05, 0.1) is 12.7 Å². The second kappa shape index (κ2) is 6.95. The third-order valence-corrected chi connectivity index (χ3v) is 4.80. The molecule has 2 fully saturated rings. The lowest BCUT2D eigenvalue weighted by molar-refractivity contribution is -0.130. The molecule has 1 saturated carbocycles. The van der Waals surface area contributed by atoms with Crippen molar-refractivity contribution in [2.75, 3.05) is 13.1 Å². The van der Waals surface area contributed by atoms with Crippen molar-refractivity contribution in [1.82, 2.24) is 10.1 Å². The standard InChI is InChI=1S/C14H26N3O3/c1-10-5-6-16(14(15)7-10)9-13(18)11-3-2-4-12(8-11)17(19)20/h10-12,14,19H,2-9,15H2,1H3/q-1. The van der Waals surface area contributed by atoms with E-state index >= 15 is 0 Å². The molecule has 4 unspecified atom stereocenters. The first kappa shape index (κ1) is 15.9. The number of piperidine rings is 1. The van der Waals surface area contributed by atoms with Crippen LogP contribution < -0.4 is 5.73 Å². The van der Waals surface area contributed by atoms with E-state index < -0.39 is 6.04 Å². The van der Waals surface area contributed by atoms with Crippen molar-refractivity contribution < 1.29 is 10.0 Å². The number of hydrogen-bond donors (Lipinski definition) is 2. The molecule has 6 heteroatoms. The molecule has 2 aliphatic rings. The number of carbonyl (C=O) groups excluding carboxylic acids is 1. The van der Waals surface area contributed by atoms with Gasteiger partial charge in [0.2, 0.25) is 0 Å². The molecule has 6 nitrogen and oxygen atoms in total. The molecular formula is C14H26N3O3-. The Hall–Kier alpha value is -0.530. The van der Waals surface area contributed by atoms with Crippen molar-refractivity contribution in [3.8, 4) is 0 Å². The first-order valence-electron chi connectivity index (χ1n) is 7.65. The van der Waals surface area contributed by atoms with Crippen molar-refractivity contribution >= 4 is 5.78 Å². The molecule has 1 aliphatic heterocycles. The second-order valence-corrected chi connectivity index (χ2v) is 6.45. The van der Waals surface area contributed by atoms with E-state index in [9.17, 15) is 10.0 Å². The molecule has 20 heavy (non-hydrogen) atoms. The third-order valence-electron chi connectivity index (χ3n) is 4.80. The van der Waals surface area contributed by atoms with Gasteiger partial charge in [-0.25, -0.2) is 0 Å². The zero-order chi connectivity index (χ0) is 14.7. The van der Waals surface area contributed by atoms with E-state index in [-0.39, 0.29) is 23.1 Å².